The zero-order valence-corrected chi connectivity index (χ0v) is 10.2. The molecule has 1 aliphatic carbocycles. The fraction of sp³-hybridized carbons (Fsp3) is 0.833. The number of carbonyl (C=O) groups excluding carboxylic acids is 2. The lowest BCUT2D eigenvalue weighted by Crippen LogP contribution is -2.64. The van der Waals surface area contributed by atoms with Crippen molar-refractivity contribution in [3.63, 3.8) is 0 Å². The minimum absolute atomic E-state index is 0.00255. The lowest BCUT2D eigenvalue weighted by Gasteiger charge is -2.40. The van der Waals surface area contributed by atoms with E-state index in [0.29, 0.717) is 5.92 Å². The molecule has 0 bridgehead atoms. The van der Waals surface area contributed by atoms with Crippen molar-refractivity contribution in [2.24, 2.45) is 11.8 Å². The molecular formula is C12H20N2O2. The molecule has 16 heavy (non-hydrogen) atoms. The van der Waals surface area contributed by atoms with Gasteiger partial charge in [-0.15, -0.1) is 0 Å². The van der Waals surface area contributed by atoms with E-state index in [2.05, 4.69) is 5.32 Å². The summed E-state index contributed by atoms with van der Waals surface area (Å²) in [6.45, 7) is 6.51. The Balaban J connectivity index is 2.16. The van der Waals surface area contributed by atoms with Crippen molar-refractivity contribution in [3.8, 4) is 0 Å². The summed E-state index contributed by atoms with van der Waals surface area (Å²) in [6, 6.07) is -0.634. The summed E-state index contributed by atoms with van der Waals surface area (Å²) in [5, 5.41) is 2.75. The fourth-order valence-corrected chi connectivity index (χ4v) is 2.33. The second-order valence-corrected chi connectivity index (χ2v) is 5.35. The van der Waals surface area contributed by atoms with Gasteiger partial charge in [-0.2, -0.15) is 0 Å². The van der Waals surface area contributed by atoms with Gasteiger partial charge in [0.1, 0.15) is 12.1 Å². The zero-order chi connectivity index (χ0) is 11.9. The van der Waals surface area contributed by atoms with Gasteiger partial charge in [-0.3, -0.25) is 9.59 Å². The number of amides is 2. The molecule has 0 aromatic heterocycles. The molecule has 2 fully saturated rings. The quantitative estimate of drug-likeness (QED) is 0.769. The molecule has 0 aromatic carbocycles. The van der Waals surface area contributed by atoms with Crippen molar-refractivity contribution in [3.05, 3.63) is 0 Å². The van der Waals surface area contributed by atoms with E-state index in [0.717, 1.165) is 6.54 Å². The van der Waals surface area contributed by atoms with Crippen LogP contribution in [0.5, 0.6) is 0 Å². The number of carbonyl (C=O) groups is 2. The molecule has 1 aliphatic heterocycles. The van der Waals surface area contributed by atoms with Gasteiger partial charge in [0.05, 0.1) is 0 Å². The second-order valence-electron chi connectivity index (χ2n) is 5.35. The molecule has 90 valence electrons. The van der Waals surface area contributed by atoms with Crippen molar-refractivity contribution in [1.29, 1.82) is 0 Å². The highest BCUT2D eigenvalue weighted by molar-refractivity contribution is 5.96. The molecule has 1 saturated carbocycles. The predicted molar refractivity (Wildman–Crippen MR) is 60.7 cm³/mol. The molecule has 2 atom stereocenters. The van der Waals surface area contributed by atoms with Crippen LogP contribution in [0.3, 0.4) is 0 Å². The Bertz CT molecular complexity index is 310. The van der Waals surface area contributed by atoms with Crippen molar-refractivity contribution >= 4 is 11.8 Å². The van der Waals surface area contributed by atoms with Gasteiger partial charge >= 0.3 is 0 Å². The van der Waals surface area contributed by atoms with Crippen LogP contribution in [-0.4, -0.2) is 35.3 Å². The third kappa shape index (κ3) is 2.06. The highest BCUT2D eigenvalue weighted by Gasteiger charge is 2.42. The minimum atomic E-state index is -0.360. The van der Waals surface area contributed by atoms with Crippen LogP contribution >= 0.6 is 0 Å². The molecule has 1 heterocycles. The number of rotatable bonds is 3. The minimum Gasteiger partial charge on any atom is -0.343 e. The molecule has 1 N–H and O–H groups in total. The summed E-state index contributed by atoms with van der Waals surface area (Å²) in [6.07, 6.45) is 2.40. The van der Waals surface area contributed by atoms with Crippen LogP contribution < -0.4 is 5.32 Å². The first-order valence-corrected chi connectivity index (χ1v) is 6.11. The number of hydrogen-bond acceptors (Lipinski definition) is 2. The van der Waals surface area contributed by atoms with Gasteiger partial charge in [0.2, 0.25) is 11.8 Å². The van der Waals surface area contributed by atoms with Crippen LogP contribution in [0.1, 0.15) is 33.6 Å². The summed E-state index contributed by atoms with van der Waals surface area (Å²) < 4.78 is 0. The third-order valence-corrected chi connectivity index (χ3v) is 3.40. The van der Waals surface area contributed by atoms with E-state index < -0.39 is 0 Å². The summed E-state index contributed by atoms with van der Waals surface area (Å²) in [4.78, 5) is 25.8. The van der Waals surface area contributed by atoms with Crippen molar-refractivity contribution in [2.45, 2.75) is 45.7 Å². The fourth-order valence-electron chi connectivity index (χ4n) is 2.33. The first kappa shape index (κ1) is 11.4. The maximum Gasteiger partial charge on any atom is 0.245 e. The van der Waals surface area contributed by atoms with Crippen LogP contribution in [0.25, 0.3) is 0 Å². The maximum absolute atomic E-state index is 12.1. The summed E-state index contributed by atoms with van der Waals surface area (Å²) >= 11 is 0. The number of hydrogen-bond donors (Lipinski definition) is 1. The summed E-state index contributed by atoms with van der Waals surface area (Å²) in [7, 11) is 0. The molecular weight excluding hydrogens is 204 g/mol. The topological polar surface area (TPSA) is 49.4 Å². The maximum atomic E-state index is 12.1. The zero-order valence-electron chi connectivity index (χ0n) is 10.2. The Hall–Kier alpha value is -1.06. The van der Waals surface area contributed by atoms with Crippen molar-refractivity contribution in [2.75, 3.05) is 6.54 Å². The van der Waals surface area contributed by atoms with Crippen LogP contribution in [0.2, 0.25) is 0 Å². The lowest BCUT2D eigenvalue weighted by molar-refractivity contribution is -0.150. The van der Waals surface area contributed by atoms with Crippen LogP contribution in [-0.2, 0) is 9.59 Å². The summed E-state index contributed by atoms with van der Waals surface area (Å²) in [5.41, 5.74) is 0. The first-order valence-electron chi connectivity index (χ1n) is 6.11. The van der Waals surface area contributed by atoms with Crippen LogP contribution in [0.4, 0.5) is 0 Å². The Labute approximate surface area is 96.4 Å². The van der Waals surface area contributed by atoms with Gasteiger partial charge in [-0.25, -0.2) is 0 Å². The van der Waals surface area contributed by atoms with Gasteiger partial charge in [-0.05, 0) is 31.6 Å². The van der Waals surface area contributed by atoms with Gasteiger partial charge in [0.15, 0.2) is 0 Å². The Morgan fingerprint density at radius 3 is 2.50 bits per heavy atom. The predicted octanol–water partition coefficient (Wildman–Crippen LogP) is 0.768. The Morgan fingerprint density at radius 2 is 2.00 bits per heavy atom. The smallest absolute Gasteiger partial charge is 0.245 e. The molecule has 0 radical (unpaired) electrons. The number of nitrogens with one attached hydrogen (secondary N) is 1. The second kappa shape index (κ2) is 4.07. The van der Waals surface area contributed by atoms with Crippen molar-refractivity contribution < 1.29 is 9.59 Å². The highest BCUT2D eigenvalue weighted by Crippen LogP contribution is 2.32. The standard InChI is InChI=1S/C12H20N2O2/c1-7(2)10-11(15)13-8(3)12(16)14(10)6-9-4-5-9/h7-10H,4-6H2,1-3H3,(H,13,15). The van der Waals surface area contributed by atoms with Gasteiger partial charge in [0.25, 0.3) is 0 Å². The molecule has 0 aromatic rings. The van der Waals surface area contributed by atoms with E-state index in [-0.39, 0.29) is 29.8 Å². The van der Waals surface area contributed by atoms with E-state index in [1.165, 1.54) is 12.8 Å². The number of piperazine rings is 1. The molecule has 2 aliphatic rings. The van der Waals surface area contributed by atoms with Gasteiger partial charge < -0.3 is 10.2 Å². The molecule has 2 rings (SSSR count). The SMILES string of the molecule is CC1NC(=O)C(C(C)C)N(CC2CC2)C1=O. The van der Waals surface area contributed by atoms with Gasteiger partial charge in [-0.1, -0.05) is 13.8 Å². The Kier molecular flexibility index (Phi) is 2.91. The van der Waals surface area contributed by atoms with Crippen LogP contribution in [0.15, 0.2) is 0 Å². The van der Waals surface area contributed by atoms with E-state index >= 15 is 0 Å². The number of nitrogens with zero attached hydrogens (tertiary/aromatic N) is 1. The van der Waals surface area contributed by atoms with E-state index in [9.17, 15) is 9.59 Å². The Morgan fingerprint density at radius 1 is 1.38 bits per heavy atom. The van der Waals surface area contributed by atoms with Gasteiger partial charge in [0, 0.05) is 6.54 Å². The molecule has 1 saturated heterocycles. The average molecular weight is 224 g/mol. The molecule has 4 nitrogen and oxygen atoms in total. The average Bonchev–Trinajstić information content (AvgIpc) is 2.96. The summed E-state index contributed by atoms with van der Waals surface area (Å²) in [5.74, 6) is 0.881. The third-order valence-electron chi connectivity index (χ3n) is 3.40. The van der Waals surface area contributed by atoms with Crippen molar-refractivity contribution in [1.82, 2.24) is 10.2 Å². The lowest BCUT2D eigenvalue weighted by atomic mass is 9.97. The van der Waals surface area contributed by atoms with E-state index in [1.807, 2.05) is 13.8 Å². The monoisotopic (exact) mass is 224 g/mol. The first-order chi connectivity index (χ1) is 7.50. The molecule has 0 spiro atoms. The largest absolute Gasteiger partial charge is 0.343 e. The van der Waals surface area contributed by atoms with E-state index in [4.69, 9.17) is 0 Å². The molecule has 4 heteroatoms. The molecule has 2 unspecified atom stereocenters. The highest BCUT2D eigenvalue weighted by atomic mass is 16.2. The molecule has 2 amide bonds. The van der Waals surface area contributed by atoms with E-state index in [1.54, 1.807) is 11.8 Å². The normalized spacial score (nSPS) is 30.9. The van der Waals surface area contributed by atoms with Crippen LogP contribution in [0, 0.1) is 11.8 Å².